The number of pyridine rings is 1. The van der Waals surface area contributed by atoms with E-state index in [2.05, 4.69) is 4.98 Å². The Morgan fingerprint density at radius 3 is 2.65 bits per heavy atom. The quantitative estimate of drug-likeness (QED) is 0.754. The predicted molar refractivity (Wildman–Crippen MR) is 103 cm³/mol. The molecule has 0 atom stereocenters. The van der Waals surface area contributed by atoms with E-state index >= 15 is 0 Å². The lowest BCUT2D eigenvalue weighted by atomic mass is 9.95. The molecule has 1 saturated carbocycles. The van der Waals surface area contributed by atoms with E-state index in [1.165, 1.54) is 6.42 Å². The maximum Gasteiger partial charge on any atom is 0.254 e. The van der Waals surface area contributed by atoms with Crippen molar-refractivity contribution in [2.45, 2.75) is 45.1 Å². The SMILES string of the molecule is Cc1ccc2cc(-c3nn(C4CCCCC4)c(N)c3C(N)=O)ccc2n1. The third kappa shape index (κ3) is 2.81. The number of carbonyl (C=O) groups excluding carboxylic acids is 1. The third-order valence-electron chi connectivity index (χ3n) is 5.22. The summed E-state index contributed by atoms with van der Waals surface area (Å²) < 4.78 is 1.81. The number of carbonyl (C=O) groups is 1. The molecule has 0 aliphatic heterocycles. The van der Waals surface area contributed by atoms with Crippen LogP contribution in [0.5, 0.6) is 0 Å². The monoisotopic (exact) mass is 349 g/mol. The maximum absolute atomic E-state index is 12.1. The first-order valence-electron chi connectivity index (χ1n) is 9.10. The van der Waals surface area contributed by atoms with Crippen LogP contribution in [-0.4, -0.2) is 20.7 Å². The molecule has 1 amide bonds. The number of nitrogens with two attached hydrogens (primary N) is 2. The largest absolute Gasteiger partial charge is 0.383 e. The van der Waals surface area contributed by atoms with E-state index in [-0.39, 0.29) is 6.04 Å². The fourth-order valence-electron chi connectivity index (χ4n) is 3.87. The average Bonchev–Trinajstić information content (AvgIpc) is 2.99. The summed E-state index contributed by atoms with van der Waals surface area (Å²) >= 11 is 0. The number of anilines is 1. The van der Waals surface area contributed by atoms with Gasteiger partial charge in [0.25, 0.3) is 5.91 Å². The summed E-state index contributed by atoms with van der Waals surface area (Å²) in [6, 6.07) is 10.1. The standard InChI is InChI=1S/C20H23N5O/c1-12-7-8-13-11-14(9-10-16(13)23-12)18-17(20(22)26)19(21)25(24-18)15-5-3-2-4-6-15/h7-11,15H,2-6,21H2,1H3,(H2,22,26). The lowest BCUT2D eigenvalue weighted by Crippen LogP contribution is -2.18. The van der Waals surface area contributed by atoms with Gasteiger partial charge in [-0.2, -0.15) is 5.10 Å². The Bertz CT molecular complexity index is 985. The van der Waals surface area contributed by atoms with Gasteiger partial charge in [-0.25, -0.2) is 4.68 Å². The van der Waals surface area contributed by atoms with Gasteiger partial charge in [0.05, 0.1) is 11.6 Å². The molecule has 26 heavy (non-hydrogen) atoms. The van der Waals surface area contributed by atoms with E-state index in [1.54, 1.807) is 0 Å². The molecule has 4 rings (SSSR count). The second-order valence-corrected chi connectivity index (χ2v) is 7.07. The molecule has 6 heteroatoms. The molecule has 2 heterocycles. The van der Waals surface area contributed by atoms with Gasteiger partial charge in [-0.15, -0.1) is 0 Å². The van der Waals surface area contributed by atoms with Gasteiger partial charge in [0, 0.05) is 16.6 Å². The van der Waals surface area contributed by atoms with Crippen LogP contribution in [0.25, 0.3) is 22.2 Å². The maximum atomic E-state index is 12.1. The number of aryl methyl sites for hydroxylation is 1. The van der Waals surface area contributed by atoms with Crippen molar-refractivity contribution in [1.82, 2.24) is 14.8 Å². The number of rotatable bonds is 3. The van der Waals surface area contributed by atoms with Crippen LogP contribution in [0.3, 0.4) is 0 Å². The van der Waals surface area contributed by atoms with Crippen LogP contribution >= 0.6 is 0 Å². The molecular formula is C20H23N5O. The average molecular weight is 349 g/mol. The number of hydrogen-bond donors (Lipinski definition) is 2. The normalized spacial score (nSPS) is 15.4. The predicted octanol–water partition coefficient (Wildman–Crippen LogP) is 3.59. The van der Waals surface area contributed by atoms with Gasteiger partial charge in [0.2, 0.25) is 0 Å². The lowest BCUT2D eigenvalue weighted by Gasteiger charge is -2.22. The van der Waals surface area contributed by atoms with Crippen molar-refractivity contribution < 1.29 is 4.79 Å². The number of fused-ring (bicyclic) bond motifs is 1. The Labute approximate surface area is 152 Å². The highest BCUT2D eigenvalue weighted by Gasteiger charge is 2.26. The highest BCUT2D eigenvalue weighted by Crippen LogP contribution is 2.35. The van der Waals surface area contributed by atoms with E-state index in [1.807, 2.05) is 41.9 Å². The topological polar surface area (TPSA) is 99.8 Å². The minimum Gasteiger partial charge on any atom is -0.383 e. The molecule has 0 spiro atoms. The Morgan fingerprint density at radius 2 is 1.92 bits per heavy atom. The van der Waals surface area contributed by atoms with Crippen molar-refractivity contribution in [1.29, 1.82) is 0 Å². The number of nitrogen functional groups attached to an aromatic ring is 1. The highest BCUT2D eigenvalue weighted by atomic mass is 16.1. The van der Waals surface area contributed by atoms with Crippen LogP contribution in [0.4, 0.5) is 5.82 Å². The molecule has 1 aliphatic carbocycles. The first kappa shape index (κ1) is 16.6. The molecular weight excluding hydrogens is 326 g/mol. The van der Waals surface area contributed by atoms with Gasteiger partial charge in [0.1, 0.15) is 17.1 Å². The number of benzene rings is 1. The summed E-state index contributed by atoms with van der Waals surface area (Å²) in [6.07, 6.45) is 5.62. The molecule has 0 radical (unpaired) electrons. The Kier molecular flexibility index (Phi) is 4.11. The Morgan fingerprint density at radius 1 is 1.15 bits per heavy atom. The summed E-state index contributed by atoms with van der Waals surface area (Å²) in [5.41, 5.74) is 15.5. The van der Waals surface area contributed by atoms with Crippen molar-refractivity contribution >= 4 is 22.6 Å². The summed E-state index contributed by atoms with van der Waals surface area (Å²) in [6.45, 7) is 1.96. The number of aromatic nitrogens is 3. The zero-order valence-electron chi connectivity index (χ0n) is 14.9. The van der Waals surface area contributed by atoms with Crippen LogP contribution in [0.15, 0.2) is 30.3 Å². The molecule has 1 aliphatic rings. The first-order valence-corrected chi connectivity index (χ1v) is 9.10. The van der Waals surface area contributed by atoms with Gasteiger partial charge >= 0.3 is 0 Å². The van der Waals surface area contributed by atoms with Gasteiger partial charge in [-0.1, -0.05) is 31.4 Å². The smallest absolute Gasteiger partial charge is 0.254 e. The minimum atomic E-state index is -0.540. The lowest BCUT2D eigenvalue weighted by molar-refractivity contribution is 0.100. The molecule has 1 aromatic carbocycles. The Balaban J connectivity index is 1.84. The molecule has 0 unspecified atom stereocenters. The zero-order valence-corrected chi connectivity index (χ0v) is 14.9. The van der Waals surface area contributed by atoms with Crippen LogP contribution in [0.1, 0.15) is 54.2 Å². The third-order valence-corrected chi connectivity index (χ3v) is 5.22. The van der Waals surface area contributed by atoms with E-state index in [0.29, 0.717) is 17.1 Å². The zero-order chi connectivity index (χ0) is 18.3. The van der Waals surface area contributed by atoms with E-state index in [9.17, 15) is 4.79 Å². The second-order valence-electron chi connectivity index (χ2n) is 7.07. The summed E-state index contributed by atoms with van der Waals surface area (Å²) in [5, 5.41) is 5.71. The van der Waals surface area contributed by atoms with Crippen molar-refractivity contribution in [2.75, 3.05) is 5.73 Å². The van der Waals surface area contributed by atoms with Gasteiger partial charge in [-0.3, -0.25) is 9.78 Å². The molecule has 2 aromatic heterocycles. The number of amides is 1. The van der Waals surface area contributed by atoms with E-state index < -0.39 is 5.91 Å². The summed E-state index contributed by atoms with van der Waals surface area (Å²) in [5.74, 6) is -0.164. The van der Waals surface area contributed by atoms with Crippen LogP contribution < -0.4 is 11.5 Å². The molecule has 134 valence electrons. The van der Waals surface area contributed by atoms with Crippen molar-refractivity contribution in [2.24, 2.45) is 5.73 Å². The first-order chi connectivity index (χ1) is 12.5. The van der Waals surface area contributed by atoms with Crippen molar-refractivity contribution in [3.8, 4) is 11.3 Å². The summed E-state index contributed by atoms with van der Waals surface area (Å²) in [7, 11) is 0. The fourth-order valence-corrected chi connectivity index (χ4v) is 3.87. The molecule has 0 bridgehead atoms. The van der Waals surface area contributed by atoms with Gasteiger partial charge in [-0.05, 0) is 38.0 Å². The van der Waals surface area contributed by atoms with Crippen LogP contribution in [0.2, 0.25) is 0 Å². The number of primary amides is 1. The van der Waals surface area contributed by atoms with Gasteiger partial charge < -0.3 is 11.5 Å². The second kappa shape index (κ2) is 6.44. The van der Waals surface area contributed by atoms with Crippen molar-refractivity contribution in [3.63, 3.8) is 0 Å². The molecule has 4 N–H and O–H groups in total. The fraction of sp³-hybridized carbons (Fsp3) is 0.350. The van der Waals surface area contributed by atoms with Crippen molar-refractivity contribution in [3.05, 3.63) is 41.6 Å². The molecule has 0 saturated heterocycles. The van der Waals surface area contributed by atoms with Gasteiger partial charge in [0.15, 0.2) is 0 Å². The molecule has 3 aromatic rings. The minimum absolute atomic E-state index is 0.236. The highest BCUT2D eigenvalue weighted by molar-refractivity contribution is 6.04. The number of nitrogens with zero attached hydrogens (tertiary/aromatic N) is 3. The van der Waals surface area contributed by atoms with E-state index in [0.717, 1.165) is 47.8 Å². The molecule has 1 fully saturated rings. The van der Waals surface area contributed by atoms with Crippen LogP contribution in [-0.2, 0) is 0 Å². The van der Waals surface area contributed by atoms with Crippen LogP contribution in [0, 0.1) is 6.92 Å². The Hall–Kier alpha value is -2.89. The summed E-state index contributed by atoms with van der Waals surface area (Å²) in [4.78, 5) is 16.6. The molecule has 6 nitrogen and oxygen atoms in total. The number of hydrogen-bond acceptors (Lipinski definition) is 4. The van der Waals surface area contributed by atoms with E-state index in [4.69, 9.17) is 16.6 Å².